The first-order valence-corrected chi connectivity index (χ1v) is 6.17. The zero-order valence-corrected chi connectivity index (χ0v) is 11.1. The summed E-state index contributed by atoms with van der Waals surface area (Å²) >= 11 is 0. The number of carboxylic acids is 1. The van der Waals surface area contributed by atoms with Crippen molar-refractivity contribution in [2.24, 2.45) is 0 Å². The van der Waals surface area contributed by atoms with Crippen molar-refractivity contribution in [2.45, 2.75) is 13.5 Å². The Morgan fingerprint density at radius 2 is 1.95 bits per heavy atom. The van der Waals surface area contributed by atoms with E-state index in [2.05, 4.69) is 11.4 Å². The van der Waals surface area contributed by atoms with E-state index in [4.69, 9.17) is 10.4 Å². The van der Waals surface area contributed by atoms with E-state index >= 15 is 0 Å². The van der Waals surface area contributed by atoms with E-state index in [-0.39, 0.29) is 0 Å². The van der Waals surface area contributed by atoms with Crippen molar-refractivity contribution in [3.8, 4) is 6.07 Å². The minimum Gasteiger partial charge on any atom is -0.478 e. The molecule has 0 bridgehead atoms. The van der Waals surface area contributed by atoms with Crippen molar-refractivity contribution in [2.75, 3.05) is 5.32 Å². The standard InChI is InChI=1S/C16H14N2O2/c1-11-14(16(19)20)3-2-4-15(11)18-10-13-7-5-12(9-17)6-8-13/h2-8,18H,10H2,1H3,(H,19,20). The molecule has 0 aromatic heterocycles. The summed E-state index contributed by atoms with van der Waals surface area (Å²) in [4.78, 5) is 11.1. The van der Waals surface area contributed by atoms with E-state index < -0.39 is 5.97 Å². The van der Waals surface area contributed by atoms with Crippen LogP contribution in [0, 0.1) is 18.3 Å². The van der Waals surface area contributed by atoms with Crippen LogP contribution in [0.15, 0.2) is 42.5 Å². The number of carboxylic acid groups (broad SMARTS) is 1. The molecule has 0 radical (unpaired) electrons. The predicted molar refractivity (Wildman–Crippen MR) is 76.6 cm³/mol. The lowest BCUT2D eigenvalue weighted by atomic mass is 10.1. The summed E-state index contributed by atoms with van der Waals surface area (Å²) < 4.78 is 0. The lowest BCUT2D eigenvalue weighted by molar-refractivity contribution is 0.0696. The Balaban J connectivity index is 2.13. The van der Waals surface area contributed by atoms with Gasteiger partial charge in [0.05, 0.1) is 17.2 Å². The van der Waals surface area contributed by atoms with Crippen molar-refractivity contribution < 1.29 is 9.90 Å². The molecule has 0 unspecified atom stereocenters. The first-order valence-electron chi connectivity index (χ1n) is 6.17. The van der Waals surface area contributed by atoms with Gasteiger partial charge in [-0.2, -0.15) is 5.26 Å². The summed E-state index contributed by atoms with van der Waals surface area (Å²) in [6.07, 6.45) is 0. The average Bonchev–Trinajstić information content (AvgIpc) is 2.46. The number of hydrogen-bond acceptors (Lipinski definition) is 3. The lowest BCUT2D eigenvalue weighted by Gasteiger charge is -2.11. The van der Waals surface area contributed by atoms with Crippen LogP contribution in [0.4, 0.5) is 5.69 Å². The second kappa shape index (κ2) is 5.89. The van der Waals surface area contributed by atoms with Crippen LogP contribution in [0.2, 0.25) is 0 Å². The number of nitrogens with one attached hydrogen (secondary N) is 1. The van der Waals surface area contributed by atoms with Crippen molar-refractivity contribution in [3.63, 3.8) is 0 Å². The number of aromatic carboxylic acids is 1. The van der Waals surface area contributed by atoms with Crippen LogP contribution in [-0.2, 0) is 6.54 Å². The minimum atomic E-state index is -0.926. The largest absolute Gasteiger partial charge is 0.478 e. The van der Waals surface area contributed by atoms with Gasteiger partial charge in [-0.25, -0.2) is 4.79 Å². The van der Waals surface area contributed by atoms with E-state index in [0.717, 1.165) is 11.3 Å². The maximum atomic E-state index is 11.1. The summed E-state index contributed by atoms with van der Waals surface area (Å²) in [6.45, 7) is 2.36. The van der Waals surface area contributed by atoms with Crippen LogP contribution in [0.5, 0.6) is 0 Å². The van der Waals surface area contributed by atoms with Gasteiger partial charge in [0.1, 0.15) is 0 Å². The first-order chi connectivity index (χ1) is 9.61. The van der Waals surface area contributed by atoms with Crippen LogP contribution < -0.4 is 5.32 Å². The van der Waals surface area contributed by atoms with E-state index in [1.165, 1.54) is 0 Å². The Hall–Kier alpha value is -2.80. The Morgan fingerprint density at radius 3 is 2.55 bits per heavy atom. The molecule has 0 spiro atoms. The summed E-state index contributed by atoms with van der Waals surface area (Å²) in [5, 5.41) is 21.0. The van der Waals surface area contributed by atoms with Gasteiger partial charge in [0.2, 0.25) is 0 Å². The Labute approximate surface area is 117 Å². The van der Waals surface area contributed by atoms with E-state index in [1.54, 1.807) is 31.2 Å². The maximum absolute atomic E-state index is 11.1. The zero-order valence-electron chi connectivity index (χ0n) is 11.1. The van der Waals surface area contributed by atoms with Gasteiger partial charge in [-0.3, -0.25) is 0 Å². The monoisotopic (exact) mass is 266 g/mol. The molecule has 0 fully saturated rings. The Morgan fingerprint density at radius 1 is 1.25 bits per heavy atom. The van der Waals surface area contributed by atoms with Gasteiger partial charge in [-0.05, 0) is 42.3 Å². The molecule has 0 heterocycles. The Bertz CT molecular complexity index is 670. The maximum Gasteiger partial charge on any atom is 0.336 e. The number of carbonyl (C=O) groups is 1. The summed E-state index contributed by atoms with van der Waals surface area (Å²) in [6, 6.07) is 14.5. The molecule has 4 heteroatoms. The highest BCUT2D eigenvalue weighted by atomic mass is 16.4. The van der Waals surface area contributed by atoms with E-state index in [9.17, 15) is 4.79 Å². The smallest absolute Gasteiger partial charge is 0.336 e. The molecule has 0 atom stereocenters. The second-order valence-corrected chi connectivity index (χ2v) is 4.45. The molecular weight excluding hydrogens is 252 g/mol. The molecule has 0 saturated carbocycles. The molecular formula is C16H14N2O2. The topological polar surface area (TPSA) is 73.1 Å². The van der Waals surface area contributed by atoms with Crippen LogP contribution in [0.1, 0.15) is 27.0 Å². The fraction of sp³-hybridized carbons (Fsp3) is 0.125. The number of nitrogens with zero attached hydrogens (tertiary/aromatic N) is 1. The number of hydrogen-bond donors (Lipinski definition) is 2. The van der Waals surface area contributed by atoms with Gasteiger partial charge in [-0.1, -0.05) is 18.2 Å². The van der Waals surface area contributed by atoms with Crippen molar-refractivity contribution in [1.82, 2.24) is 0 Å². The van der Waals surface area contributed by atoms with E-state index in [0.29, 0.717) is 23.2 Å². The normalized spacial score (nSPS) is 9.80. The summed E-state index contributed by atoms with van der Waals surface area (Å²) in [5.41, 5.74) is 3.47. The molecule has 0 aliphatic rings. The van der Waals surface area contributed by atoms with Gasteiger partial charge in [0.15, 0.2) is 0 Å². The highest BCUT2D eigenvalue weighted by Crippen LogP contribution is 2.19. The molecule has 2 aromatic rings. The summed E-state index contributed by atoms with van der Waals surface area (Å²) in [7, 11) is 0. The summed E-state index contributed by atoms with van der Waals surface area (Å²) in [5.74, 6) is -0.926. The van der Waals surface area contributed by atoms with Crippen molar-refractivity contribution in [3.05, 3.63) is 64.7 Å². The van der Waals surface area contributed by atoms with Gasteiger partial charge < -0.3 is 10.4 Å². The van der Waals surface area contributed by atoms with Crippen LogP contribution in [0.25, 0.3) is 0 Å². The number of anilines is 1. The minimum absolute atomic E-state index is 0.301. The number of benzene rings is 2. The van der Waals surface area contributed by atoms with Gasteiger partial charge >= 0.3 is 5.97 Å². The lowest BCUT2D eigenvalue weighted by Crippen LogP contribution is -2.05. The van der Waals surface area contributed by atoms with Gasteiger partial charge in [0.25, 0.3) is 0 Å². The Kier molecular flexibility index (Phi) is 4.02. The molecule has 20 heavy (non-hydrogen) atoms. The predicted octanol–water partition coefficient (Wildman–Crippen LogP) is 3.18. The van der Waals surface area contributed by atoms with E-state index in [1.807, 2.05) is 18.2 Å². The number of rotatable bonds is 4. The molecule has 4 nitrogen and oxygen atoms in total. The van der Waals surface area contributed by atoms with Gasteiger partial charge in [0, 0.05) is 12.2 Å². The molecule has 2 aromatic carbocycles. The third-order valence-corrected chi connectivity index (χ3v) is 3.13. The zero-order chi connectivity index (χ0) is 14.5. The molecule has 0 aliphatic carbocycles. The fourth-order valence-electron chi connectivity index (χ4n) is 1.95. The third-order valence-electron chi connectivity index (χ3n) is 3.13. The first kappa shape index (κ1) is 13.6. The third kappa shape index (κ3) is 2.96. The molecule has 0 amide bonds. The SMILES string of the molecule is Cc1c(NCc2ccc(C#N)cc2)cccc1C(=O)O. The molecule has 0 saturated heterocycles. The second-order valence-electron chi connectivity index (χ2n) is 4.45. The number of nitriles is 1. The molecule has 100 valence electrons. The average molecular weight is 266 g/mol. The van der Waals surface area contributed by atoms with Crippen LogP contribution in [0.3, 0.4) is 0 Å². The van der Waals surface area contributed by atoms with Crippen LogP contribution >= 0.6 is 0 Å². The van der Waals surface area contributed by atoms with Gasteiger partial charge in [-0.15, -0.1) is 0 Å². The molecule has 0 aliphatic heterocycles. The fourth-order valence-corrected chi connectivity index (χ4v) is 1.95. The van der Waals surface area contributed by atoms with Crippen molar-refractivity contribution in [1.29, 1.82) is 5.26 Å². The quantitative estimate of drug-likeness (QED) is 0.891. The molecule has 2 rings (SSSR count). The van der Waals surface area contributed by atoms with Crippen molar-refractivity contribution >= 4 is 11.7 Å². The highest BCUT2D eigenvalue weighted by molar-refractivity contribution is 5.91. The molecule has 2 N–H and O–H groups in total. The highest BCUT2D eigenvalue weighted by Gasteiger charge is 2.09. The van der Waals surface area contributed by atoms with Crippen LogP contribution in [-0.4, -0.2) is 11.1 Å².